The molecule has 0 amide bonds. The molecule has 0 atom stereocenters. The van der Waals surface area contributed by atoms with E-state index < -0.39 is 0 Å². The summed E-state index contributed by atoms with van der Waals surface area (Å²) in [6.07, 6.45) is 0. The lowest BCUT2D eigenvalue weighted by atomic mass is 10.1. The second-order valence-electron chi connectivity index (χ2n) is 4.71. The Morgan fingerprint density at radius 2 is 2.12 bits per heavy atom. The molecule has 0 aliphatic rings. The van der Waals surface area contributed by atoms with Crippen molar-refractivity contribution in [3.63, 3.8) is 0 Å². The summed E-state index contributed by atoms with van der Waals surface area (Å²) in [4.78, 5) is 0. The van der Waals surface area contributed by atoms with E-state index in [0.29, 0.717) is 12.5 Å². The van der Waals surface area contributed by atoms with Gasteiger partial charge < -0.3 is 15.2 Å². The van der Waals surface area contributed by atoms with Crippen molar-refractivity contribution >= 4 is 0 Å². The van der Waals surface area contributed by atoms with Crippen LogP contribution in [-0.4, -0.2) is 24.9 Å². The topological polar surface area (TPSA) is 41.5 Å². The molecule has 96 valence electrons. The Balaban J connectivity index is 2.62. The standard InChI is InChI=1S/C14H23NO2/c1-11(2)9-15-10-13-8-12(3)4-5-14(13)17-7-6-16/h4-5,8,11,15-16H,6-7,9-10H2,1-3H3. The number of nitrogens with one attached hydrogen (secondary N) is 1. The number of hydrogen-bond donors (Lipinski definition) is 2. The van der Waals surface area contributed by atoms with Gasteiger partial charge in [0.25, 0.3) is 0 Å². The van der Waals surface area contributed by atoms with Crippen molar-refractivity contribution in [2.45, 2.75) is 27.3 Å². The van der Waals surface area contributed by atoms with Crippen LogP contribution in [0.3, 0.4) is 0 Å². The molecule has 0 unspecified atom stereocenters. The Morgan fingerprint density at radius 3 is 2.76 bits per heavy atom. The zero-order chi connectivity index (χ0) is 12.7. The molecular weight excluding hydrogens is 214 g/mol. The maximum Gasteiger partial charge on any atom is 0.123 e. The van der Waals surface area contributed by atoms with Gasteiger partial charge in [0.05, 0.1) is 6.61 Å². The van der Waals surface area contributed by atoms with Crippen LogP contribution < -0.4 is 10.1 Å². The fourth-order valence-corrected chi connectivity index (χ4v) is 1.64. The number of rotatable bonds is 7. The van der Waals surface area contributed by atoms with Gasteiger partial charge in [-0.2, -0.15) is 0 Å². The first-order valence-electron chi connectivity index (χ1n) is 6.17. The number of aliphatic hydroxyl groups excluding tert-OH is 1. The van der Waals surface area contributed by atoms with E-state index in [2.05, 4.69) is 32.2 Å². The van der Waals surface area contributed by atoms with Gasteiger partial charge in [-0.05, 0) is 25.5 Å². The zero-order valence-corrected chi connectivity index (χ0v) is 11.0. The Labute approximate surface area is 104 Å². The van der Waals surface area contributed by atoms with Crippen molar-refractivity contribution in [2.24, 2.45) is 5.92 Å². The summed E-state index contributed by atoms with van der Waals surface area (Å²) in [6.45, 7) is 8.64. The van der Waals surface area contributed by atoms with E-state index in [0.717, 1.165) is 24.4 Å². The minimum Gasteiger partial charge on any atom is -0.491 e. The molecule has 0 saturated carbocycles. The first-order chi connectivity index (χ1) is 8.13. The Bertz CT molecular complexity index is 337. The molecule has 17 heavy (non-hydrogen) atoms. The van der Waals surface area contributed by atoms with E-state index in [4.69, 9.17) is 9.84 Å². The fourth-order valence-electron chi connectivity index (χ4n) is 1.64. The van der Waals surface area contributed by atoms with Crippen LogP contribution in [0.1, 0.15) is 25.0 Å². The third-order valence-electron chi connectivity index (χ3n) is 2.43. The highest BCUT2D eigenvalue weighted by Crippen LogP contribution is 2.19. The maximum atomic E-state index is 8.78. The van der Waals surface area contributed by atoms with E-state index >= 15 is 0 Å². The van der Waals surface area contributed by atoms with Crippen LogP contribution in [0.2, 0.25) is 0 Å². The van der Waals surface area contributed by atoms with Crippen molar-refractivity contribution in [2.75, 3.05) is 19.8 Å². The molecule has 1 aromatic rings. The molecule has 0 fully saturated rings. The van der Waals surface area contributed by atoms with Gasteiger partial charge in [0.1, 0.15) is 12.4 Å². The number of aliphatic hydroxyl groups is 1. The van der Waals surface area contributed by atoms with E-state index in [1.54, 1.807) is 0 Å². The molecule has 0 radical (unpaired) electrons. The monoisotopic (exact) mass is 237 g/mol. The van der Waals surface area contributed by atoms with Gasteiger partial charge in [-0.25, -0.2) is 0 Å². The highest BCUT2D eigenvalue weighted by molar-refractivity contribution is 5.36. The molecule has 0 aliphatic heterocycles. The first-order valence-corrected chi connectivity index (χ1v) is 6.17. The third kappa shape index (κ3) is 5.20. The normalized spacial score (nSPS) is 10.9. The Morgan fingerprint density at radius 1 is 1.35 bits per heavy atom. The summed E-state index contributed by atoms with van der Waals surface area (Å²) >= 11 is 0. The summed E-state index contributed by atoms with van der Waals surface area (Å²) in [7, 11) is 0. The van der Waals surface area contributed by atoms with E-state index in [9.17, 15) is 0 Å². The summed E-state index contributed by atoms with van der Waals surface area (Å²) < 4.78 is 5.51. The smallest absolute Gasteiger partial charge is 0.123 e. The molecule has 3 heteroatoms. The highest BCUT2D eigenvalue weighted by atomic mass is 16.5. The summed E-state index contributed by atoms with van der Waals surface area (Å²) in [5.41, 5.74) is 2.38. The quantitative estimate of drug-likeness (QED) is 0.763. The predicted octanol–water partition coefficient (Wildman–Crippen LogP) is 2.11. The van der Waals surface area contributed by atoms with Crippen LogP contribution in [0.25, 0.3) is 0 Å². The van der Waals surface area contributed by atoms with Crippen molar-refractivity contribution in [3.05, 3.63) is 29.3 Å². The Hall–Kier alpha value is -1.06. The average Bonchev–Trinajstić information content (AvgIpc) is 2.27. The molecular formula is C14H23NO2. The van der Waals surface area contributed by atoms with Crippen LogP contribution in [0.15, 0.2) is 18.2 Å². The van der Waals surface area contributed by atoms with Crippen molar-refractivity contribution in [3.8, 4) is 5.75 Å². The van der Waals surface area contributed by atoms with Gasteiger partial charge in [-0.3, -0.25) is 0 Å². The van der Waals surface area contributed by atoms with Gasteiger partial charge in [0.15, 0.2) is 0 Å². The maximum absolute atomic E-state index is 8.78. The van der Waals surface area contributed by atoms with Crippen LogP contribution in [-0.2, 0) is 6.54 Å². The second kappa shape index (κ2) is 7.30. The number of benzene rings is 1. The number of hydrogen-bond acceptors (Lipinski definition) is 3. The van der Waals surface area contributed by atoms with Crippen LogP contribution in [0.5, 0.6) is 5.75 Å². The average molecular weight is 237 g/mol. The lowest BCUT2D eigenvalue weighted by molar-refractivity contribution is 0.200. The van der Waals surface area contributed by atoms with Crippen molar-refractivity contribution < 1.29 is 9.84 Å². The highest BCUT2D eigenvalue weighted by Gasteiger charge is 2.04. The molecule has 0 bridgehead atoms. The van der Waals surface area contributed by atoms with Crippen molar-refractivity contribution in [1.82, 2.24) is 5.32 Å². The second-order valence-corrected chi connectivity index (χ2v) is 4.71. The minimum absolute atomic E-state index is 0.0484. The molecule has 0 spiro atoms. The molecule has 0 aliphatic carbocycles. The van der Waals surface area contributed by atoms with E-state index in [1.807, 2.05) is 12.1 Å². The molecule has 0 heterocycles. The van der Waals surface area contributed by atoms with Crippen LogP contribution >= 0.6 is 0 Å². The lowest BCUT2D eigenvalue weighted by Gasteiger charge is -2.13. The Kier molecular flexibility index (Phi) is 6.01. The van der Waals surface area contributed by atoms with Gasteiger partial charge in [0.2, 0.25) is 0 Å². The number of ether oxygens (including phenoxy) is 1. The molecule has 3 nitrogen and oxygen atoms in total. The van der Waals surface area contributed by atoms with Crippen LogP contribution in [0, 0.1) is 12.8 Å². The largest absolute Gasteiger partial charge is 0.491 e. The zero-order valence-electron chi connectivity index (χ0n) is 11.0. The molecule has 0 aromatic heterocycles. The minimum atomic E-state index is 0.0484. The third-order valence-corrected chi connectivity index (χ3v) is 2.43. The molecule has 2 N–H and O–H groups in total. The number of aryl methyl sites for hydroxylation is 1. The molecule has 0 saturated heterocycles. The van der Waals surface area contributed by atoms with E-state index in [-0.39, 0.29) is 6.61 Å². The SMILES string of the molecule is Cc1ccc(OCCO)c(CNCC(C)C)c1. The molecule has 1 aromatic carbocycles. The predicted molar refractivity (Wildman–Crippen MR) is 70.3 cm³/mol. The summed E-state index contributed by atoms with van der Waals surface area (Å²) in [5.74, 6) is 1.50. The first kappa shape index (κ1) is 14.0. The molecule has 1 rings (SSSR count). The summed E-state index contributed by atoms with van der Waals surface area (Å²) in [6, 6.07) is 6.12. The van der Waals surface area contributed by atoms with Crippen LogP contribution in [0.4, 0.5) is 0 Å². The van der Waals surface area contributed by atoms with Gasteiger partial charge >= 0.3 is 0 Å². The van der Waals surface area contributed by atoms with Gasteiger partial charge in [0, 0.05) is 12.1 Å². The van der Waals surface area contributed by atoms with Gasteiger partial charge in [-0.1, -0.05) is 31.5 Å². The van der Waals surface area contributed by atoms with E-state index in [1.165, 1.54) is 5.56 Å². The summed E-state index contributed by atoms with van der Waals surface area (Å²) in [5, 5.41) is 12.2. The van der Waals surface area contributed by atoms with Gasteiger partial charge in [-0.15, -0.1) is 0 Å². The fraction of sp³-hybridized carbons (Fsp3) is 0.571. The van der Waals surface area contributed by atoms with Crippen molar-refractivity contribution in [1.29, 1.82) is 0 Å². The lowest BCUT2D eigenvalue weighted by Crippen LogP contribution is -2.19.